The van der Waals surface area contributed by atoms with E-state index in [0.717, 1.165) is 22.0 Å². The summed E-state index contributed by atoms with van der Waals surface area (Å²) in [6, 6.07) is 17.6. The summed E-state index contributed by atoms with van der Waals surface area (Å²) in [4.78, 5) is 5.18. The van der Waals surface area contributed by atoms with Crippen molar-refractivity contribution in [2.45, 2.75) is 0 Å². The van der Waals surface area contributed by atoms with Gasteiger partial charge in [-0.2, -0.15) is 5.10 Å². The fourth-order valence-electron chi connectivity index (χ4n) is 3.02. The molecule has 0 amide bonds. The maximum absolute atomic E-state index is 13.3. The van der Waals surface area contributed by atoms with Crippen LogP contribution >= 0.6 is 11.3 Å². The Balaban J connectivity index is 1.86. The summed E-state index contributed by atoms with van der Waals surface area (Å²) in [5.41, 5.74) is 2.23. The minimum absolute atomic E-state index is 0.149. The van der Waals surface area contributed by atoms with Crippen molar-refractivity contribution >= 4 is 28.3 Å². The molecule has 0 saturated carbocycles. The molecule has 0 unspecified atom stereocenters. The average Bonchev–Trinajstić information content (AvgIpc) is 3.14. The van der Waals surface area contributed by atoms with Crippen molar-refractivity contribution in [3.05, 3.63) is 94.9 Å². The van der Waals surface area contributed by atoms with Crippen LogP contribution in [0.1, 0.15) is 5.56 Å². The quantitative estimate of drug-likeness (QED) is 0.362. The van der Waals surface area contributed by atoms with Crippen LogP contribution in [0.15, 0.2) is 88.8 Å². The summed E-state index contributed by atoms with van der Waals surface area (Å²) in [5, 5.41) is 18.8. The van der Waals surface area contributed by atoms with Crippen LogP contribution in [0.25, 0.3) is 22.0 Å². The Morgan fingerprint density at radius 3 is 2.66 bits per heavy atom. The van der Waals surface area contributed by atoms with E-state index in [4.69, 9.17) is 0 Å². The van der Waals surface area contributed by atoms with E-state index in [1.54, 1.807) is 35.2 Å². The smallest absolute Gasteiger partial charge is 0.206 e. The Bertz CT molecular complexity index is 1270. The summed E-state index contributed by atoms with van der Waals surface area (Å²) >= 11 is 1.44. The lowest BCUT2D eigenvalue weighted by atomic mass is 10.0. The number of hydrogen-bond donors (Lipinski definition) is 1. The molecule has 0 fully saturated rings. The number of phenols is 1. The summed E-state index contributed by atoms with van der Waals surface area (Å²) in [5.74, 6) is -0.146. The number of phenolic OH excluding ortho intramolecular Hbond substituents is 1. The molecule has 3 aromatic carbocycles. The molecule has 0 saturated heterocycles. The number of benzene rings is 3. The zero-order valence-electron chi connectivity index (χ0n) is 15.5. The average molecular weight is 403 g/mol. The van der Waals surface area contributed by atoms with Crippen LogP contribution in [0.4, 0.5) is 4.39 Å². The van der Waals surface area contributed by atoms with E-state index in [-0.39, 0.29) is 11.6 Å². The minimum Gasteiger partial charge on any atom is -0.507 e. The molecule has 4 aromatic rings. The second-order valence-electron chi connectivity index (χ2n) is 6.32. The van der Waals surface area contributed by atoms with Crippen LogP contribution < -0.4 is 4.80 Å². The zero-order valence-corrected chi connectivity index (χ0v) is 16.3. The highest BCUT2D eigenvalue weighted by Crippen LogP contribution is 2.26. The molecule has 0 bridgehead atoms. The van der Waals surface area contributed by atoms with Gasteiger partial charge in [0.25, 0.3) is 0 Å². The van der Waals surface area contributed by atoms with Gasteiger partial charge in [-0.25, -0.2) is 9.07 Å². The lowest BCUT2D eigenvalue weighted by Crippen LogP contribution is -2.12. The lowest BCUT2D eigenvalue weighted by Gasteiger charge is -2.06. The van der Waals surface area contributed by atoms with Gasteiger partial charge in [-0.15, -0.1) is 17.9 Å². The first-order valence-corrected chi connectivity index (χ1v) is 9.88. The fraction of sp³-hybridized carbons (Fsp3) is 0.0435. The summed E-state index contributed by atoms with van der Waals surface area (Å²) < 4.78 is 15.0. The summed E-state index contributed by atoms with van der Waals surface area (Å²) in [6.07, 6.45) is 3.34. The van der Waals surface area contributed by atoms with Crippen molar-refractivity contribution in [1.29, 1.82) is 0 Å². The molecule has 144 valence electrons. The molecule has 0 aliphatic heterocycles. The number of aromatic nitrogens is 1. The first-order chi connectivity index (χ1) is 14.2. The number of halogens is 1. The van der Waals surface area contributed by atoms with Crippen LogP contribution in [0.3, 0.4) is 0 Å². The van der Waals surface area contributed by atoms with Gasteiger partial charge in [-0.1, -0.05) is 36.4 Å². The number of thiazole rings is 1. The maximum atomic E-state index is 13.3. The highest BCUT2D eigenvalue weighted by atomic mass is 32.1. The molecule has 0 spiro atoms. The number of aromatic hydroxyl groups is 1. The van der Waals surface area contributed by atoms with Gasteiger partial charge in [0.2, 0.25) is 4.80 Å². The van der Waals surface area contributed by atoms with Gasteiger partial charge in [0.15, 0.2) is 0 Å². The topological polar surface area (TPSA) is 49.9 Å². The standard InChI is InChI=1S/C23H18FN3OS/c1-2-13-25-23-27(21(15-29-23)17-7-10-18(24)11-8-17)26-14-20-19-6-4-3-5-16(19)9-12-22(20)28/h2-12,14-15,28H,1,13H2. The van der Waals surface area contributed by atoms with Crippen molar-refractivity contribution in [2.75, 3.05) is 6.54 Å². The molecule has 29 heavy (non-hydrogen) atoms. The predicted octanol–water partition coefficient (Wildman–Crippen LogP) is 5.18. The lowest BCUT2D eigenvalue weighted by molar-refractivity contribution is 0.475. The summed E-state index contributed by atoms with van der Waals surface area (Å²) in [7, 11) is 0. The normalized spacial score (nSPS) is 12.1. The molecule has 0 radical (unpaired) electrons. The van der Waals surface area contributed by atoms with Gasteiger partial charge in [-0.05, 0) is 41.1 Å². The third kappa shape index (κ3) is 3.88. The molecule has 6 heteroatoms. The van der Waals surface area contributed by atoms with Gasteiger partial charge < -0.3 is 5.11 Å². The maximum Gasteiger partial charge on any atom is 0.206 e. The van der Waals surface area contributed by atoms with Gasteiger partial charge >= 0.3 is 0 Å². The van der Waals surface area contributed by atoms with Crippen LogP contribution in [-0.4, -0.2) is 22.5 Å². The van der Waals surface area contributed by atoms with Crippen molar-refractivity contribution < 1.29 is 9.50 Å². The van der Waals surface area contributed by atoms with E-state index in [0.29, 0.717) is 16.9 Å². The Labute approximate surface area is 171 Å². The van der Waals surface area contributed by atoms with Crippen molar-refractivity contribution in [3.63, 3.8) is 0 Å². The van der Waals surface area contributed by atoms with E-state index < -0.39 is 0 Å². The Hall–Kier alpha value is -3.51. The number of hydrogen-bond acceptors (Lipinski definition) is 4. The Morgan fingerprint density at radius 1 is 1.07 bits per heavy atom. The van der Waals surface area contributed by atoms with Crippen LogP contribution in [0.5, 0.6) is 5.75 Å². The predicted molar refractivity (Wildman–Crippen MR) is 117 cm³/mol. The van der Waals surface area contributed by atoms with Crippen molar-refractivity contribution in [1.82, 2.24) is 4.68 Å². The van der Waals surface area contributed by atoms with E-state index in [2.05, 4.69) is 16.7 Å². The van der Waals surface area contributed by atoms with Crippen LogP contribution in [0, 0.1) is 5.82 Å². The van der Waals surface area contributed by atoms with E-state index in [9.17, 15) is 9.50 Å². The molecule has 1 heterocycles. The fourth-order valence-corrected chi connectivity index (χ4v) is 3.86. The molecule has 4 nitrogen and oxygen atoms in total. The number of nitrogens with zero attached hydrogens (tertiary/aromatic N) is 3. The van der Waals surface area contributed by atoms with Crippen molar-refractivity contribution in [3.8, 4) is 17.0 Å². The molecule has 4 rings (SSSR count). The minimum atomic E-state index is -0.295. The molecule has 0 aliphatic carbocycles. The second-order valence-corrected chi connectivity index (χ2v) is 7.15. The van der Waals surface area contributed by atoms with E-state index in [1.165, 1.54) is 23.5 Å². The van der Waals surface area contributed by atoms with Crippen LogP contribution in [-0.2, 0) is 0 Å². The highest BCUT2D eigenvalue weighted by molar-refractivity contribution is 7.07. The third-order valence-corrected chi connectivity index (χ3v) is 5.28. The van der Waals surface area contributed by atoms with Crippen LogP contribution in [0.2, 0.25) is 0 Å². The van der Waals surface area contributed by atoms with E-state index in [1.807, 2.05) is 35.7 Å². The first kappa shape index (κ1) is 18.8. The third-order valence-electron chi connectivity index (χ3n) is 4.43. The van der Waals surface area contributed by atoms with Gasteiger partial charge in [0, 0.05) is 16.5 Å². The monoisotopic (exact) mass is 403 g/mol. The second kappa shape index (κ2) is 8.24. The van der Waals surface area contributed by atoms with Gasteiger partial charge in [-0.3, -0.25) is 4.99 Å². The highest BCUT2D eigenvalue weighted by Gasteiger charge is 2.09. The largest absolute Gasteiger partial charge is 0.507 e. The Kier molecular flexibility index (Phi) is 5.35. The molecular formula is C23H18FN3OS. The first-order valence-electron chi connectivity index (χ1n) is 9.00. The van der Waals surface area contributed by atoms with Gasteiger partial charge in [0.1, 0.15) is 11.6 Å². The zero-order chi connectivity index (χ0) is 20.2. The molecular weight excluding hydrogens is 385 g/mol. The van der Waals surface area contributed by atoms with E-state index >= 15 is 0 Å². The molecule has 0 atom stereocenters. The molecule has 1 aromatic heterocycles. The van der Waals surface area contributed by atoms with Gasteiger partial charge in [0.05, 0.1) is 18.5 Å². The molecule has 1 N–H and O–H groups in total. The number of rotatable bonds is 5. The summed E-state index contributed by atoms with van der Waals surface area (Å²) in [6.45, 7) is 4.16. The Morgan fingerprint density at radius 2 is 1.86 bits per heavy atom. The molecule has 0 aliphatic rings. The van der Waals surface area contributed by atoms with Crippen molar-refractivity contribution in [2.24, 2.45) is 10.1 Å². The SMILES string of the molecule is C=CCN=c1scc(-c2ccc(F)cc2)n1N=Cc1c(O)ccc2ccccc12. The number of fused-ring (bicyclic) bond motifs is 1.